The summed E-state index contributed by atoms with van der Waals surface area (Å²) < 4.78 is 1.63. The van der Waals surface area contributed by atoms with Crippen molar-refractivity contribution in [1.29, 1.82) is 0 Å². The minimum atomic E-state index is -0.251. The Labute approximate surface area is 129 Å². The topological polar surface area (TPSA) is 64.0 Å². The molecule has 0 radical (unpaired) electrons. The SMILES string of the molecule is CC1CCCn2c1nc(Cl)c(NC(=O)CC(C)(C)C)c2=O. The molecule has 2 heterocycles. The third kappa shape index (κ3) is 3.64. The van der Waals surface area contributed by atoms with Crippen molar-refractivity contribution in [1.82, 2.24) is 9.55 Å². The molecule has 0 aromatic carbocycles. The van der Waals surface area contributed by atoms with E-state index in [1.807, 2.05) is 27.7 Å². The van der Waals surface area contributed by atoms with Gasteiger partial charge in [0.2, 0.25) is 5.91 Å². The molecule has 1 atom stereocenters. The van der Waals surface area contributed by atoms with Gasteiger partial charge < -0.3 is 5.32 Å². The number of aromatic nitrogens is 2. The van der Waals surface area contributed by atoms with Crippen LogP contribution in [0.1, 0.15) is 58.7 Å². The van der Waals surface area contributed by atoms with Gasteiger partial charge >= 0.3 is 0 Å². The van der Waals surface area contributed by atoms with E-state index in [9.17, 15) is 9.59 Å². The van der Waals surface area contributed by atoms with E-state index in [0.29, 0.717) is 18.8 Å². The van der Waals surface area contributed by atoms with E-state index in [1.54, 1.807) is 4.57 Å². The summed E-state index contributed by atoms with van der Waals surface area (Å²) in [6.07, 6.45) is 2.26. The van der Waals surface area contributed by atoms with Crippen LogP contribution in [0.4, 0.5) is 5.69 Å². The summed E-state index contributed by atoms with van der Waals surface area (Å²) in [7, 11) is 0. The third-order valence-electron chi connectivity index (χ3n) is 3.57. The van der Waals surface area contributed by atoms with Crippen LogP contribution in [-0.2, 0) is 11.3 Å². The maximum atomic E-state index is 12.5. The minimum Gasteiger partial charge on any atom is -0.319 e. The molecule has 0 saturated carbocycles. The van der Waals surface area contributed by atoms with Crippen LogP contribution in [0.25, 0.3) is 0 Å². The lowest BCUT2D eigenvalue weighted by Crippen LogP contribution is -2.33. The summed E-state index contributed by atoms with van der Waals surface area (Å²) in [5.74, 6) is 0.709. The quantitative estimate of drug-likeness (QED) is 0.853. The number of halogens is 1. The van der Waals surface area contributed by atoms with Crippen molar-refractivity contribution in [3.8, 4) is 0 Å². The molecule has 0 bridgehead atoms. The van der Waals surface area contributed by atoms with E-state index < -0.39 is 0 Å². The van der Waals surface area contributed by atoms with Gasteiger partial charge in [0.1, 0.15) is 11.5 Å². The molecule has 6 heteroatoms. The molecule has 1 unspecified atom stereocenters. The summed E-state index contributed by atoms with van der Waals surface area (Å²) in [6.45, 7) is 8.56. The first-order chi connectivity index (χ1) is 9.69. The second-order valence-electron chi connectivity index (χ2n) is 6.92. The lowest BCUT2D eigenvalue weighted by atomic mass is 9.92. The van der Waals surface area contributed by atoms with Gasteiger partial charge in [-0.05, 0) is 18.3 Å². The zero-order valence-corrected chi connectivity index (χ0v) is 13.8. The van der Waals surface area contributed by atoms with Crippen molar-refractivity contribution in [3.05, 3.63) is 21.3 Å². The highest BCUT2D eigenvalue weighted by molar-refractivity contribution is 6.32. The molecule has 1 aromatic rings. The summed E-state index contributed by atoms with van der Waals surface area (Å²) in [5.41, 5.74) is -0.300. The molecule has 0 saturated heterocycles. The first kappa shape index (κ1) is 16.0. The molecule has 0 fully saturated rings. The smallest absolute Gasteiger partial charge is 0.278 e. The van der Waals surface area contributed by atoms with Gasteiger partial charge in [-0.15, -0.1) is 0 Å². The van der Waals surface area contributed by atoms with E-state index in [4.69, 9.17) is 11.6 Å². The van der Waals surface area contributed by atoms with Crippen LogP contribution in [0.5, 0.6) is 0 Å². The predicted octanol–water partition coefficient (Wildman–Crippen LogP) is 3.17. The van der Waals surface area contributed by atoms with Crippen molar-refractivity contribution in [2.75, 3.05) is 5.32 Å². The molecule has 0 aliphatic carbocycles. The summed E-state index contributed by atoms with van der Waals surface area (Å²) in [5, 5.41) is 2.72. The molecular formula is C15H22ClN3O2. The number of hydrogen-bond acceptors (Lipinski definition) is 3. The highest BCUT2D eigenvalue weighted by Gasteiger charge is 2.24. The van der Waals surface area contributed by atoms with Crippen LogP contribution in [0.15, 0.2) is 4.79 Å². The third-order valence-corrected chi connectivity index (χ3v) is 3.84. The van der Waals surface area contributed by atoms with Crippen LogP contribution in [-0.4, -0.2) is 15.5 Å². The highest BCUT2D eigenvalue weighted by atomic mass is 35.5. The van der Waals surface area contributed by atoms with Crippen LogP contribution < -0.4 is 10.9 Å². The molecule has 2 rings (SSSR count). The fourth-order valence-electron chi connectivity index (χ4n) is 2.59. The van der Waals surface area contributed by atoms with E-state index in [0.717, 1.165) is 12.8 Å². The molecule has 1 aromatic heterocycles. The second-order valence-corrected chi connectivity index (χ2v) is 7.28. The first-order valence-corrected chi connectivity index (χ1v) is 7.67. The summed E-state index contributed by atoms with van der Waals surface area (Å²) >= 11 is 6.11. The fraction of sp³-hybridized carbons (Fsp3) is 0.667. The molecule has 1 aliphatic rings. The number of fused-ring (bicyclic) bond motifs is 1. The van der Waals surface area contributed by atoms with Gasteiger partial charge in [0.15, 0.2) is 5.15 Å². The number of anilines is 1. The lowest BCUT2D eigenvalue weighted by Gasteiger charge is -2.24. The minimum absolute atomic E-state index is 0.0854. The van der Waals surface area contributed by atoms with E-state index in [1.165, 1.54) is 0 Å². The Morgan fingerprint density at radius 1 is 1.48 bits per heavy atom. The lowest BCUT2D eigenvalue weighted by molar-refractivity contribution is -0.117. The Morgan fingerprint density at radius 2 is 2.14 bits per heavy atom. The van der Waals surface area contributed by atoms with E-state index in [-0.39, 0.29) is 33.6 Å². The van der Waals surface area contributed by atoms with Gasteiger partial charge in [-0.25, -0.2) is 4.98 Å². The van der Waals surface area contributed by atoms with Crippen molar-refractivity contribution >= 4 is 23.2 Å². The van der Waals surface area contributed by atoms with Crippen LogP contribution in [0.3, 0.4) is 0 Å². The molecule has 1 aliphatic heterocycles. The van der Waals surface area contributed by atoms with Gasteiger partial charge in [0.05, 0.1) is 0 Å². The number of hydrogen-bond donors (Lipinski definition) is 1. The molecule has 5 nitrogen and oxygen atoms in total. The number of nitrogens with one attached hydrogen (secondary N) is 1. The maximum Gasteiger partial charge on any atom is 0.278 e. The van der Waals surface area contributed by atoms with E-state index in [2.05, 4.69) is 10.3 Å². The zero-order chi connectivity index (χ0) is 15.8. The Hall–Kier alpha value is -1.36. The Morgan fingerprint density at radius 3 is 2.76 bits per heavy atom. The van der Waals surface area contributed by atoms with Crippen LogP contribution in [0.2, 0.25) is 5.15 Å². The molecule has 1 amide bonds. The number of nitrogens with zero attached hydrogens (tertiary/aromatic N) is 2. The monoisotopic (exact) mass is 311 g/mol. The average molecular weight is 312 g/mol. The standard InChI is InChI=1S/C15H22ClN3O2/c1-9-6-5-7-19-13(9)18-12(16)11(14(19)21)17-10(20)8-15(2,3)4/h9H,5-8H2,1-4H3,(H,17,20). The average Bonchev–Trinajstić information content (AvgIpc) is 2.34. The fourth-order valence-corrected chi connectivity index (χ4v) is 2.81. The number of carbonyl (C=O) groups excluding carboxylic acids is 1. The molecule has 21 heavy (non-hydrogen) atoms. The van der Waals surface area contributed by atoms with Crippen molar-refractivity contribution in [2.24, 2.45) is 5.41 Å². The summed E-state index contributed by atoms with van der Waals surface area (Å²) in [6, 6.07) is 0. The Bertz CT molecular complexity index is 617. The largest absolute Gasteiger partial charge is 0.319 e. The van der Waals surface area contributed by atoms with Gasteiger partial charge in [0.25, 0.3) is 5.56 Å². The first-order valence-electron chi connectivity index (χ1n) is 7.29. The van der Waals surface area contributed by atoms with Gasteiger partial charge in [-0.1, -0.05) is 39.3 Å². The predicted molar refractivity (Wildman–Crippen MR) is 83.9 cm³/mol. The number of rotatable bonds is 2. The molecule has 0 spiro atoms. The summed E-state index contributed by atoms with van der Waals surface area (Å²) in [4.78, 5) is 28.8. The van der Waals surface area contributed by atoms with Crippen molar-refractivity contribution in [2.45, 2.75) is 59.4 Å². The highest BCUT2D eigenvalue weighted by Crippen LogP contribution is 2.27. The van der Waals surface area contributed by atoms with E-state index >= 15 is 0 Å². The van der Waals surface area contributed by atoms with Gasteiger partial charge in [-0.3, -0.25) is 14.2 Å². The van der Waals surface area contributed by atoms with Crippen molar-refractivity contribution in [3.63, 3.8) is 0 Å². The molecular weight excluding hydrogens is 290 g/mol. The van der Waals surface area contributed by atoms with Crippen molar-refractivity contribution < 1.29 is 4.79 Å². The van der Waals surface area contributed by atoms with Gasteiger partial charge in [0, 0.05) is 18.9 Å². The number of carbonyl (C=O) groups is 1. The number of amides is 1. The molecule has 116 valence electrons. The normalized spacial score (nSPS) is 18.2. The Balaban J connectivity index is 2.33. The second kappa shape index (κ2) is 5.79. The van der Waals surface area contributed by atoms with Crippen LogP contribution in [0, 0.1) is 5.41 Å². The van der Waals surface area contributed by atoms with Gasteiger partial charge in [-0.2, -0.15) is 0 Å². The molecule has 1 N–H and O–H groups in total. The Kier molecular flexibility index (Phi) is 4.42. The maximum absolute atomic E-state index is 12.5. The zero-order valence-electron chi connectivity index (χ0n) is 13.0. The van der Waals surface area contributed by atoms with Crippen LogP contribution >= 0.6 is 11.6 Å².